The molecule has 1 atom stereocenters. The van der Waals surface area contributed by atoms with E-state index in [2.05, 4.69) is 25.0 Å². The Hall–Kier alpha value is -1.26. The van der Waals surface area contributed by atoms with Gasteiger partial charge in [-0.3, -0.25) is 4.68 Å². The minimum Gasteiger partial charge on any atom is -0.453 e. The molecule has 4 nitrogen and oxygen atoms in total. The standard InChI is InChI=1S/C13H18ClN3O/c1-3-9-7-10(17(4-2)16-9)8-12(15)11-5-6-18-13(11)14/h5-7,12H,3-4,8,15H2,1-2H3. The molecule has 0 aliphatic rings. The Balaban J connectivity index is 2.18. The van der Waals surface area contributed by atoms with Crippen LogP contribution in [0.2, 0.25) is 5.22 Å². The van der Waals surface area contributed by atoms with Gasteiger partial charge in [-0.2, -0.15) is 5.10 Å². The number of furan rings is 1. The zero-order valence-electron chi connectivity index (χ0n) is 10.7. The highest BCUT2D eigenvalue weighted by molar-refractivity contribution is 6.29. The maximum Gasteiger partial charge on any atom is 0.197 e. The van der Waals surface area contributed by atoms with Crippen LogP contribution in [0.5, 0.6) is 0 Å². The van der Waals surface area contributed by atoms with Crippen LogP contribution in [0.1, 0.15) is 36.8 Å². The molecule has 0 saturated heterocycles. The van der Waals surface area contributed by atoms with E-state index in [-0.39, 0.29) is 6.04 Å². The van der Waals surface area contributed by atoms with Gasteiger partial charge in [0, 0.05) is 30.3 Å². The molecule has 0 bridgehead atoms. The summed E-state index contributed by atoms with van der Waals surface area (Å²) in [6.07, 6.45) is 3.20. The number of halogens is 1. The lowest BCUT2D eigenvalue weighted by molar-refractivity contribution is 0.554. The summed E-state index contributed by atoms with van der Waals surface area (Å²) in [5, 5.41) is 4.88. The molecule has 0 aliphatic carbocycles. The summed E-state index contributed by atoms with van der Waals surface area (Å²) >= 11 is 5.94. The summed E-state index contributed by atoms with van der Waals surface area (Å²) in [6.45, 7) is 5.02. The Kier molecular flexibility index (Phi) is 4.09. The van der Waals surface area contributed by atoms with Gasteiger partial charge in [-0.1, -0.05) is 6.92 Å². The van der Waals surface area contributed by atoms with E-state index in [1.165, 1.54) is 0 Å². The number of aryl methyl sites for hydroxylation is 2. The molecule has 0 aliphatic heterocycles. The van der Waals surface area contributed by atoms with Crippen LogP contribution in [0.4, 0.5) is 0 Å². The first-order valence-corrected chi connectivity index (χ1v) is 6.57. The number of nitrogens with two attached hydrogens (primary N) is 1. The summed E-state index contributed by atoms with van der Waals surface area (Å²) in [4.78, 5) is 0. The first-order chi connectivity index (χ1) is 8.65. The maximum atomic E-state index is 6.16. The molecule has 0 radical (unpaired) electrons. The van der Waals surface area contributed by atoms with Crippen molar-refractivity contribution < 1.29 is 4.42 Å². The largest absolute Gasteiger partial charge is 0.453 e. The quantitative estimate of drug-likeness (QED) is 0.906. The summed E-state index contributed by atoms with van der Waals surface area (Å²) < 4.78 is 7.06. The predicted octanol–water partition coefficient (Wildman–Crippen LogP) is 2.95. The summed E-state index contributed by atoms with van der Waals surface area (Å²) in [5.74, 6) is 0. The van der Waals surface area contributed by atoms with Crippen LogP contribution in [-0.4, -0.2) is 9.78 Å². The van der Waals surface area contributed by atoms with Gasteiger partial charge < -0.3 is 10.2 Å². The molecule has 2 aromatic heterocycles. The lowest BCUT2D eigenvalue weighted by Gasteiger charge is -2.11. The molecule has 5 heteroatoms. The van der Waals surface area contributed by atoms with Crippen LogP contribution >= 0.6 is 11.6 Å². The van der Waals surface area contributed by atoms with Crippen molar-refractivity contribution in [3.63, 3.8) is 0 Å². The minimum atomic E-state index is -0.164. The van der Waals surface area contributed by atoms with Gasteiger partial charge in [0.25, 0.3) is 0 Å². The minimum absolute atomic E-state index is 0.164. The first-order valence-electron chi connectivity index (χ1n) is 6.19. The van der Waals surface area contributed by atoms with E-state index in [1.54, 1.807) is 6.26 Å². The second kappa shape index (κ2) is 5.59. The summed E-state index contributed by atoms with van der Waals surface area (Å²) in [7, 11) is 0. The van der Waals surface area contributed by atoms with E-state index in [0.717, 1.165) is 29.9 Å². The topological polar surface area (TPSA) is 57.0 Å². The average molecular weight is 268 g/mol. The SMILES string of the molecule is CCc1cc(CC(N)c2ccoc2Cl)n(CC)n1. The fourth-order valence-corrected chi connectivity index (χ4v) is 2.29. The van der Waals surface area contributed by atoms with Crippen LogP contribution < -0.4 is 5.73 Å². The van der Waals surface area contributed by atoms with Crippen molar-refractivity contribution in [1.82, 2.24) is 9.78 Å². The third-order valence-electron chi connectivity index (χ3n) is 3.05. The van der Waals surface area contributed by atoms with Crippen molar-refractivity contribution in [2.24, 2.45) is 5.73 Å². The highest BCUT2D eigenvalue weighted by atomic mass is 35.5. The highest BCUT2D eigenvalue weighted by Crippen LogP contribution is 2.25. The van der Waals surface area contributed by atoms with E-state index in [1.807, 2.05) is 10.7 Å². The summed E-state index contributed by atoms with van der Waals surface area (Å²) in [5.41, 5.74) is 9.24. The van der Waals surface area contributed by atoms with E-state index < -0.39 is 0 Å². The highest BCUT2D eigenvalue weighted by Gasteiger charge is 2.16. The summed E-state index contributed by atoms with van der Waals surface area (Å²) in [6, 6.07) is 3.76. The fourth-order valence-electron chi connectivity index (χ4n) is 2.03. The van der Waals surface area contributed by atoms with E-state index in [4.69, 9.17) is 21.8 Å². The first kappa shape index (κ1) is 13.2. The third kappa shape index (κ3) is 2.60. The molecule has 18 heavy (non-hydrogen) atoms. The van der Waals surface area contributed by atoms with Gasteiger partial charge in [0.1, 0.15) is 0 Å². The Bertz CT molecular complexity index is 518. The number of aromatic nitrogens is 2. The van der Waals surface area contributed by atoms with Gasteiger partial charge in [-0.05, 0) is 37.1 Å². The van der Waals surface area contributed by atoms with Crippen LogP contribution in [0.25, 0.3) is 0 Å². The molecule has 0 saturated carbocycles. The maximum absolute atomic E-state index is 6.16. The second-order valence-electron chi connectivity index (χ2n) is 4.26. The van der Waals surface area contributed by atoms with Crippen LogP contribution in [0, 0.1) is 0 Å². The van der Waals surface area contributed by atoms with Crippen molar-refractivity contribution in [1.29, 1.82) is 0 Å². The van der Waals surface area contributed by atoms with E-state index in [9.17, 15) is 0 Å². The van der Waals surface area contributed by atoms with Gasteiger partial charge >= 0.3 is 0 Å². The Morgan fingerprint density at radius 3 is 2.83 bits per heavy atom. The number of nitrogens with zero attached hydrogens (tertiary/aromatic N) is 2. The van der Waals surface area contributed by atoms with Gasteiger partial charge in [-0.15, -0.1) is 0 Å². The van der Waals surface area contributed by atoms with Crippen molar-refractivity contribution in [2.75, 3.05) is 0 Å². The molecular formula is C13H18ClN3O. The van der Waals surface area contributed by atoms with E-state index >= 15 is 0 Å². The van der Waals surface area contributed by atoms with Crippen molar-refractivity contribution in [2.45, 2.75) is 39.3 Å². The van der Waals surface area contributed by atoms with Crippen molar-refractivity contribution in [3.05, 3.63) is 40.6 Å². The fraction of sp³-hybridized carbons (Fsp3) is 0.462. The molecule has 0 fully saturated rings. The average Bonchev–Trinajstić information content (AvgIpc) is 2.95. The molecule has 1 unspecified atom stereocenters. The molecule has 2 N–H and O–H groups in total. The molecule has 0 spiro atoms. The van der Waals surface area contributed by atoms with Gasteiger partial charge in [0.05, 0.1) is 12.0 Å². The number of hydrogen-bond donors (Lipinski definition) is 1. The van der Waals surface area contributed by atoms with Gasteiger partial charge in [0.2, 0.25) is 0 Å². The molecule has 2 rings (SSSR count). The van der Waals surface area contributed by atoms with Crippen molar-refractivity contribution >= 4 is 11.6 Å². The Morgan fingerprint density at radius 1 is 1.50 bits per heavy atom. The molecular weight excluding hydrogens is 250 g/mol. The van der Waals surface area contributed by atoms with Gasteiger partial charge in [0.15, 0.2) is 5.22 Å². The lowest BCUT2D eigenvalue weighted by atomic mass is 10.1. The van der Waals surface area contributed by atoms with Crippen LogP contribution in [0.15, 0.2) is 22.8 Å². The molecule has 0 aromatic carbocycles. The van der Waals surface area contributed by atoms with Gasteiger partial charge in [-0.25, -0.2) is 0 Å². The zero-order chi connectivity index (χ0) is 13.1. The Morgan fingerprint density at radius 2 is 2.28 bits per heavy atom. The molecule has 0 amide bonds. The predicted molar refractivity (Wildman–Crippen MR) is 71.6 cm³/mol. The van der Waals surface area contributed by atoms with E-state index in [0.29, 0.717) is 11.6 Å². The Labute approximate surface area is 112 Å². The lowest BCUT2D eigenvalue weighted by Crippen LogP contribution is -2.15. The number of rotatable bonds is 5. The number of hydrogen-bond acceptors (Lipinski definition) is 3. The normalized spacial score (nSPS) is 12.9. The van der Waals surface area contributed by atoms with Crippen LogP contribution in [0.3, 0.4) is 0 Å². The molecule has 98 valence electrons. The van der Waals surface area contributed by atoms with Crippen molar-refractivity contribution in [3.8, 4) is 0 Å². The zero-order valence-corrected chi connectivity index (χ0v) is 11.4. The molecule has 2 aromatic rings. The smallest absolute Gasteiger partial charge is 0.197 e. The monoisotopic (exact) mass is 267 g/mol. The third-order valence-corrected chi connectivity index (χ3v) is 3.36. The molecule has 2 heterocycles. The second-order valence-corrected chi connectivity index (χ2v) is 4.60. The van der Waals surface area contributed by atoms with Crippen LogP contribution in [-0.2, 0) is 19.4 Å².